The summed E-state index contributed by atoms with van der Waals surface area (Å²) in [6.07, 6.45) is 1.05. The zero-order valence-corrected chi connectivity index (χ0v) is 16.1. The zero-order valence-electron chi connectivity index (χ0n) is 15.3. The first-order valence-corrected chi connectivity index (χ1v) is 10.1. The molecule has 1 aliphatic heterocycles. The van der Waals surface area contributed by atoms with E-state index in [1.54, 1.807) is 12.1 Å². The van der Waals surface area contributed by atoms with Gasteiger partial charge in [0.25, 0.3) is 0 Å². The number of benzene rings is 2. The second kappa shape index (κ2) is 8.50. The third-order valence-electron chi connectivity index (χ3n) is 4.73. The molecule has 2 amide bonds. The van der Waals surface area contributed by atoms with Gasteiger partial charge < -0.3 is 5.32 Å². The first-order chi connectivity index (χ1) is 13.7. The third-order valence-corrected chi connectivity index (χ3v) is 5.54. The predicted molar refractivity (Wildman–Crippen MR) is 109 cm³/mol. The van der Waals surface area contributed by atoms with Crippen LogP contribution in [0.1, 0.15) is 22.4 Å². The van der Waals surface area contributed by atoms with E-state index < -0.39 is 0 Å². The second-order valence-corrected chi connectivity index (χ2v) is 7.67. The number of halogens is 1. The van der Waals surface area contributed by atoms with Crippen LogP contribution in [-0.4, -0.2) is 22.5 Å². The lowest BCUT2D eigenvalue weighted by Crippen LogP contribution is -2.30. The number of hydrogen-bond acceptors (Lipinski definition) is 4. The second-order valence-electron chi connectivity index (χ2n) is 6.81. The quantitative estimate of drug-likeness (QED) is 0.681. The van der Waals surface area contributed by atoms with Crippen molar-refractivity contribution in [3.63, 3.8) is 0 Å². The number of amides is 2. The molecule has 5 nitrogen and oxygen atoms in total. The smallest absolute Gasteiger partial charge is 0.321 e. The fraction of sp³-hybridized carbons (Fsp3) is 0.238. The fourth-order valence-corrected chi connectivity index (χ4v) is 3.98. The highest BCUT2D eigenvalue weighted by Gasteiger charge is 2.17. The lowest BCUT2D eigenvalue weighted by Gasteiger charge is -2.27. The Kier molecular flexibility index (Phi) is 5.64. The molecule has 3 aromatic rings. The summed E-state index contributed by atoms with van der Waals surface area (Å²) in [5.41, 5.74) is 4.60. The van der Waals surface area contributed by atoms with Crippen LogP contribution < -0.4 is 10.6 Å². The molecular formula is C21H21FN4OS. The minimum atomic E-state index is -0.322. The van der Waals surface area contributed by atoms with Crippen LogP contribution >= 0.6 is 11.3 Å². The summed E-state index contributed by atoms with van der Waals surface area (Å²) >= 11 is 1.42. The van der Waals surface area contributed by atoms with E-state index in [1.165, 1.54) is 34.6 Å². The molecular weight excluding hydrogens is 375 g/mol. The van der Waals surface area contributed by atoms with E-state index >= 15 is 0 Å². The molecule has 144 valence electrons. The summed E-state index contributed by atoms with van der Waals surface area (Å²) in [4.78, 5) is 18.9. The number of urea groups is 1. The third kappa shape index (κ3) is 4.74. The molecule has 2 heterocycles. The Labute approximate surface area is 167 Å². The van der Waals surface area contributed by atoms with E-state index in [2.05, 4.69) is 44.8 Å². The van der Waals surface area contributed by atoms with E-state index in [0.717, 1.165) is 37.3 Å². The van der Waals surface area contributed by atoms with Crippen molar-refractivity contribution in [2.24, 2.45) is 0 Å². The van der Waals surface area contributed by atoms with Crippen molar-refractivity contribution in [1.82, 2.24) is 15.2 Å². The van der Waals surface area contributed by atoms with E-state index in [4.69, 9.17) is 0 Å². The molecule has 0 aliphatic carbocycles. The Morgan fingerprint density at radius 3 is 2.75 bits per heavy atom. The average molecular weight is 396 g/mol. The topological polar surface area (TPSA) is 57.3 Å². The number of carbonyl (C=O) groups is 1. The number of nitrogens with one attached hydrogen (secondary N) is 2. The molecule has 0 atom stereocenters. The van der Waals surface area contributed by atoms with E-state index in [1.807, 2.05) is 5.38 Å². The number of aromatic nitrogens is 1. The zero-order chi connectivity index (χ0) is 19.3. The molecule has 4 rings (SSSR count). The van der Waals surface area contributed by atoms with Gasteiger partial charge in [-0.2, -0.15) is 0 Å². The van der Waals surface area contributed by atoms with Crippen LogP contribution in [0.3, 0.4) is 0 Å². The summed E-state index contributed by atoms with van der Waals surface area (Å²) in [6.45, 7) is 3.03. The largest absolute Gasteiger partial charge is 0.334 e. The SMILES string of the molecule is O=C(NCc1ccc(F)cc1)Nc1nc(CN2CCc3ccccc3C2)cs1. The van der Waals surface area contributed by atoms with Crippen LogP contribution in [0.5, 0.6) is 0 Å². The molecule has 0 fully saturated rings. The van der Waals surface area contributed by atoms with Crippen molar-refractivity contribution in [1.29, 1.82) is 0 Å². The molecule has 0 bridgehead atoms. The Morgan fingerprint density at radius 1 is 1.14 bits per heavy atom. The van der Waals surface area contributed by atoms with Gasteiger partial charge in [0.2, 0.25) is 0 Å². The van der Waals surface area contributed by atoms with Crippen LogP contribution in [0, 0.1) is 5.82 Å². The molecule has 1 aromatic heterocycles. The fourth-order valence-electron chi connectivity index (χ4n) is 3.28. The summed E-state index contributed by atoms with van der Waals surface area (Å²) in [5.74, 6) is -0.291. The number of fused-ring (bicyclic) bond motifs is 1. The maximum atomic E-state index is 12.9. The van der Waals surface area contributed by atoms with Crippen LogP contribution in [0.25, 0.3) is 0 Å². The minimum absolute atomic E-state index is 0.291. The van der Waals surface area contributed by atoms with Gasteiger partial charge in [0.05, 0.1) is 5.69 Å². The normalized spacial score (nSPS) is 13.8. The van der Waals surface area contributed by atoms with Gasteiger partial charge in [-0.15, -0.1) is 11.3 Å². The maximum Gasteiger partial charge on any atom is 0.321 e. The van der Waals surface area contributed by atoms with E-state index in [9.17, 15) is 9.18 Å². The van der Waals surface area contributed by atoms with Crippen molar-refractivity contribution in [3.05, 3.63) is 82.1 Å². The minimum Gasteiger partial charge on any atom is -0.334 e. The van der Waals surface area contributed by atoms with Gasteiger partial charge in [0, 0.05) is 31.6 Å². The standard InChI is InChI=1S/C21H21FN4OS/c22-18-7-5-15(6-8-18)11-23-20(27)25-21-24-19(14-28-21)13-26-10-9-16-3-1-2-4-17(16)12-26/h1-8,14H,9-13H2,(H2,23,24,25,27). The summed E-state index contributed by atoms with van der Waals surface area (Å²) in [7, 11) is 0. The van der Waals surface area contributed by atoms with Gasteiger partial charge in [-0.25, -0.2) is 14.2 Å². The summed E-state index contributed by atoms with van der Waals surface area (Å²) in [6, 6.07) is 14.3. The molecule has 0 spiro atoms. The van der Waals surface area contributed by atoms with Gasteiger partial charge in [-0.05, 0) is 35.2 Å². The molecule has 2 N–H and O–H groups in total. The van der Waals surface area contributed by atoms with Crippen molar-refractivity contribution in [3.8, 4) is 0 Å². The van der Waals surface area contributed by atoms with Gasteiger partial charge in [-0.3, -0.25) is 10.2 Å². The number of hydrogen-bond donors (Lipinski definition) is 2. The lowest BCUT2D eigenvalue weighted by molar-refractivity contribution is 0.243. The molecule has 28 heavy (non-hydrogen) atoms. The van der Waals surface area contributed by atoms with Crippen molar-refractivity contribution in [2.45, 2.75) is 26.1 Å². The highest BCUT2D eigenvalue weighted by Crippen LogP contribution is 2.22. The van der Waals surface area contributed by atoms with Gasteiger partial charge in [-0.1, -0.05) is 36.4 Å². The number of thiazole rings is 1. The number of carbonyl (C=O) groups excluding carboxylic acids is 1. The molecule has 2 aromatic carbocycles. The van der Waals surface area contributed by atoms with Crippen molar-refractivity contribution < 1.29 is 9.18 Å². The monoisotopic (exact) mass is 396 g/mol. The molecule has 0 unspecified atom stereocenters. The van der Waals surface area contributed by atoms with E-state index in [0.29, 0.717) is 11.7 Å². The molecule has 7 heteroatoms. The van der Waals surface area contributed by atoms with Gasteiger partial charge >= 0.3 is 6.03 Å². The average Bonchev–Trinajstić information content (AvgIpc) is 3.14. The molecule has 0 saturated carbocycles. The Hall–Kier alpha value is -2.77. The lowest BCUT2D eigenvalue weighted by atomic mass is 10.00. The van der Waals surface area contributed by atoms with E-state index in [-0.39, 0.29) is 11.8 Å². The maximum absolute atomic E-state index is 12.9. The predicted octanol–water partition coefficient (Wildman–Crippen LogP) is 4.16. The summed E-state index contributed by atoms with van der Waals surface area (Å²) in [5, 5.41) is 8.07. The Bertz CT molecular complexity index is 957. The number of rotatable bonds is 5. The number of nitrogens with zero attached hydrogens (tertiary/aromatic N) is 2. The highest BCUT2D eigenvalue weighted by molar-refractivity contribution is 7.13. The molecule has 0 radical (unpaired) electrons. The molecule has 1 aliphatic rings. The van der Waals surface area contributed by atoms with Crippen LogP contribution in [-0.2, 0) is 26.1 Å². The Balaban J connectivity index is 1.27. The van der Waals surface area contributed by atoms with Crippen LogP contribution in [0.15, 0.2) is 53.9 Å². The number of anilines is 1. The molecule has 0 saturated heterocycles. The first-order valence-electron chi connectivity index (χ1n) is 9.18. The first kappa shape index (κ1) is 18.6. The van der Waals surface area contributed by atoms with Gasteiger partial charge in [0.15, 0.2) is 5.13 Å². The van der Waals surface area contributed by atoms with Crippen molar-refractivity contribution >= 4 is 22.5 Å². The Morgan fingerprint density at radius 2 is 1.93 bits per heavy atom. The summed E-state index contributed by atoms with van der Waals surface area (Å²) < 4.78 is 12.9. The van der Waals surface area contributed by atoms with Gasteiger partial charge in [0.1, 0.15) is 5.82 Å². The van der Waals surface area contributed by atoms with Crippen molar-refractivity contribution in [2.75, 3.05) is 11.9 Å². The van der Waals surface area contributed by atoms with Crippen LogP contribution in [0.2, 0.25) is 0 Å². The highest BCUT2D eigenvalue weighted by atomic mass is 32.1. The van der Waals surface area contributed by atoms with Crippen LogP contribution in [0.4, 0.5) is 14.3 Å².